The molecule has 3 unspecified atom stereocenters. The minimum absolute atomic E-state index is 0.00138. The van der Waals surface area contributed by atoms with Crippen LogP contribution in [0.5, 0.6) is 5.75 Å². The lowest BCUT2D eigenvalue weighted by Crippen LogP contribution is -2.56. The van der Waals surface area contributed by atoms with Gasteiger partial charge >= 0.3 is 12.4 Å². The molecule has 3 fully saturated rings. The molecular weight excluding hydrogens is 729 g/mol. The highest BCUT2D eigenvalue weighted by atomic mass is 33.1. The molecule has 1 amide bonds. The van der Waals surface area contributed by atoms with Gasteiger partial charge in [0.1, 0.15) is 5.75 Å². The Hall–Kier alpha value is -1.39. The molecule has 1 aromatic rings. The van der Waals surface area contributed by atoms with Crippen molar-refractivity contribution in [3.05, 3.63) is 29.3 Å². The number of fused-ring (bicyclic) bond motifs is 5. The maximum Gasteiger partial charge on any atom is 0.426 e. The van der Waals surface area contributed by atoms with Crippen molar-refractivity contribution < 1.29 is 45.3 Å². The fraction of sp³-hybridized carbons (Fsp3) is 0.811. The van der Waals surface area contributed by atoms with Crippen LogP contribution in [0.1, 0.15) is 82.3 Å². The average Bonchev–Trinajstić information content (AvgIpc) is 3.68. The van der Waals surface area contributed by atoms with E-state index in [9.17, 15) is 31.1 Å². The van der Waals surface area contributed by atoms with Gasteiger partial charge in [-0.25, -0.2) is 0 Å². The first-order valence-electron chi connectivity index (χ1n) is 18.6. The molecule has 0 spiro atoms. The molecule has 4 aliphatic rings. The fourth-order valence-electron chi connectivity index (χ4n) is 8.97. The molecule has 7 atom stereocenters. The standard InChI is InChI=1S/C37H55F6N3O4S2/c1-34-14-13-29-28-10-8-26(49-16-6-18-51-52-23-25-20-27(48-4)21-44-25)19-24(28)7-9-30(29)31(34)11-12-32(34)45-33(47)22-46(3)15-5-17-50-35(2,36(38,39)40)37(41,42)43/h8,10,19,25,27,29-32,44H,5-7,9,11-18,20-23H2,1-4H3,(H,45,47)/t25-,27+,29?,30?,31?,32+,34+/m1/s1. The minimum Gasteiger partial charge on any atom is -0.494 e. The van der Waals surface area contributed by atoms with Crippen molar-refractivity contribution in [3.8, 4) is 5.75 Å². The number of nitrogens with one attached hydrogen (secondary N) is 2. The number of likely N-dealkylation sites (N-methyl/N-ethyl adjacent to an activating group) is 1. The van der Waals surface area contributed by atoms with Crippen LogP contribution >= 0.6 is 21.6 Å². The summed E-state index contributed by atoms with van der Waals surface area (Å²) in [4.78, 5) is 14.7. The first kappa shape index (κ1) is 41.8. The van der Waals surface area contributed by atoms with Gasteiger partial charge in [-0.1, -0.05) is 34.6 Å². The summed E-state index contributed by atoms with van der Waals surface area (Å²) in [7, 11) is 7.22. The first-order valence-corrected chi connectivity index (χ1v) is 21.1. The van der Waals surface area contributed by atoms with Gasteiger partial charge in [-0.05, 0) is 118 Å². The van der Waals surface area contributed by atoms with E-state index in [1.54, 1.807) is 19.1 Å². The number of nitrogens with zero attached hydrogens (tertiary/aromatic N) is 1. The highest BCUT2D eigenvalue weighted by Gasteiger charge is 2.69. The summed E-state index contributed by atoms with van der Waals surface area (Å²) in [5.41, 5.74) is -1.43. The second-order valence-corrected chi connectivity index (χ2v) is 18.1. The number of carbonyl (C=O) groups excluding carboxylic acids is 1. The Bertz CT molecular complexity index is 1330. The predicted octanol–water partition coefficient (Wildman–Crippen LogP) is 7.78. The highest BCUT2D eigenvalue weighted by Crippen LogP contribution is 2.61. The van der Waals surface area contributed by atoms with E-state index < -0.39 is 24.6 Å². The number of hydrogen-bond acceptors (Lipinski definition) is 8. The summed E-state index contributed by atoms with van der Waals surface area (Å²) in [6.45, 7) is 3.33. The largest absolute Gasteiger partial charge is 0.494 e. The van der Waals surface area contributed by atoms with Gasteiger partial charge in [0.05, 0.1) is 19.3 Å². The summed E-state index contributed by atoms with van der Waals surface area (Å²) in [5, 5.41) is 6.76. The molecule has 1 aromatic carbocycles. The van der Waals surface area contributed by atoms with Crippen molar-refractivity contribution in [1.29, 1.82) is 0 Å². The number of rotatable bonds is 17. The summed E-state index contributed by atoms with van der Waals surface area (Å²) in [6.07, 6.45) is -2.72. The lowest BCUT2D eigenvalue weighted by Gasteiger charge is -2.51. The first-order chi connectivity index (χ1) is 24.6. The third-order valence-corrected chi connectivity index (χ3v) is 14.7. The Morgan fingerprint density at radius 1 is 1.06 bits per heavy atom. The number of ether oxygens (including phenoxy) is 3. The average molecular weight is 784 g/mol. The molecule has 0 aromatic heterocycles. The van der Waals surface area contributed by atoms with Crippen LogP contribution in [0.2, 0.25) is 0 Å². The molecule has 3 aliphatic carbocycles. The zero-order valence-corrected chi connectivity index (χ0v) is 32.3. The van der Waals surface area contributed by atoms with E-state index in [0.717, 1.165) is 75.2 Å². The number of amides is 1. The number of carbonyl (C=O) groups is 1. The highest BCUT2D eigenvalue weighted by molar-refractivity contribution is 8.76. The van der Waals surface area contributed by atoms with E-state index in [1.165, 1.54) is 11.1 Å². The Morgan fingerprint density at radius 2 is 1.83 bits per heavy atom. The number of hydrogen-bond donors (Lipinski definition) is 2. The Balaban J connectivity index is 1.03. The maximum atomic E-state index is 13.1. The molecule has 15 heteroatoms. The van der Waals surface area contributed by atoms with Gasteiger partial charge in [-0.3, -0.25) is 9.69 Å². The molecular formula is C37H55F6N3O4S2. The fourth-order valence-corrected chi connectivity index (χ4v) is 11.3. The third kappa shape index (κ3) is 9.69. The van der Waals surface area contributed by atoms with Crippen LogP contribution in [0.25, 0.3) is 0 Å². The third-order valence-electron chi connectivity index (χ3n) is 12.1. The van der Waals surface area contributed by atoms with Gasteiger partial charge in [-0.15, -0.1) is 0 Å². The predicted molar refractivity (Wildman–Crippen MR) is 194 cm³/mol. The zero-order valence-electron chi connectivity index (χ0n) is 30.7. The number of aryl methyl sites for hydroxylation is 1. The van der Waals surface area contributed by atoms with Crippen LogP contribution in [0.15, 0.2) is 18.2 Å². The summed E-state index contributed by atoms with van der Waals surface area (Å²) in [6, 6.07) is 7.20. The molecule has 52 heavy (non-hydrogen) atoms. The molecule has 0 radical (unpaired) electrons. The van der Waals surface area contributed by atoms with E-state index in [1.807, 2.05) is 21.6 Å². The van der Waals surface area contributed by atoms with Gasteiger partial charge < -0.3 is 24.8 Å². The van der Waals surface area contributed by atoms with E-state index >= 15 is 0 Å². The van der Waals surface area contributed by atoms with Crippen LogP contribution < -0.4 is 15.4 Å². The van der Waals surface area contributed by atoms with Crippen LogP contribution in [0.3, 0.4) is 0 Å². The smallest absolute Gasteiger partial charge is 0.426 e. The van der Waals surface area contributed by atoms with Crippen molar-refractivity contribution in [2.24, 2.45) is 17.3 Å². The topological polar surface area (TPSA) is 72.1 Å². The Kier molecular flexibility index (Phi) is 14.1. The number of benzene rings is 1. The molecule has 5 rings (SSSR count). The molecule has 296 valence electrons. The number of methoxy groups -OCH3 is 1. The summed E-state index contributed by atoms with van der Waals surface area (Å²) < 4.78 is 94.4. The van der Waals surface area contributed by atoms with Crippen molar-refractivity contribution in [1.82, 2.24) is 15.5 Å². The van der Waals surface area contributed by atoms with E-state index in [0.29, 0.717) is 36.5 Å². The van der Waals surface area contributed by atoms with E-state index in [4.69, 9.17) is 9.47 Å². The van der Waals surface area contributed by atoms with Gasteiger partial charge in [0.25, 0.3) is 5.60 Å². The molecule has 1 heterocycles. The molecule has 1 aliphatic heterocycles. The van der Waals surface area contributed by atoms with Gasteiger partial charge in [0, 0.05) is 50.4 Å². The SMILES string of the molecule is CO[C@@H]1CN[C@@H](CSSCCCOc2ccc3c(c2)CCC2C3CC[C@@]3(C)C2CC[C@@H]3NC(=O)CN(C)CCCOC(C)(C(F)(F)F)C(F)(F)F)C1. The van der Waals surface area contributed by atoms with Crippen LogP contribution in [-0.4, -0.2) is 105 Å². The Morgan fingerprint density at radius 3 is 2.54 bits per heavy atom. The van der Waals surface area contributed by atoms with Gasteiger partial charge in [0.15, 0.2) is 0 Å². The second-order valence-electron chi connectivity index (χ2n) is 15.5. The number of alkyl halides is 6. The number of halogens is 6. The molecule has 1 saturated heterocycles. The quantitative estimate of drug-likeness (QED) is 0.0944. The van der Waals surface area contributed by atoms with Crippen LogP contribution in [0.4, 0.5) is 26.3 Å². The van der Waals surface area contributed by atoms with E-state index in [-0.39, 0.29) is 43.8 Å². The van der Waals surface area contributed by atoms with Crippen molar-refractivity contribution in [2.75, 3.05) is 58.5 Å². The lowest BCUT2D eigenvalue weighted by molar-refractivity contribution is -0.374. The zero-order chi connectivity index (χ0) is 37.7. The van der Waals surface area contributed by atoms with Crippen LogP contribution in [-0.2, 0) is 20.7 Å². The molecule has 7 nitrogen and oxygen atoms in total. The Labute approximate surface area is 312 Å². The van der Waals surface area contributed by atoms with E-state index in [2.05, 4.69) is 40.5 Å². The second kappa shape index (κ2) is 17.6. The molecule has 2 saturated carbocycles. The molecule has 0 bridgehead atoms. The summed E-state index contributed by atoms with van der Waals surface area (Å²) in [5.74, 6) is 4.44. The van der Waals surface area contributed by atoms with Crippen molar-refractivity contribution in [3.63, 3.8) is 0 Å². The van der Waals surface area contributed by atoms with Gasteiger partial charge in [0.2, 0.25) is 5.91 Å². The van der Waals surface area contributed by atoms with Crippen LogP contribution in [0, 0.1) is 17.3 Å². The lowest BCUT2D eigenvalue weighted by atomic mass is 9.55. The minimum atomic E-state index is -5.59. The van der Waals surface area contributed by atoms with Crippen molar-refractivity contribution >= 4 is 27.5 Å². The summed E-state index contributed by atoms with van der Waals surface area (Å²) >= 11 is 0. The monoisotopic (exact) mass is 783 g/mol. The molecule has 2 N–H and O–H groups in total. The normalized spacial score (nSPS) is 29.1. The van der Waals surface area contributed by atoms with Crippen molar-refractivity contribution in [2.45, 2.75) is 114 Å². The van der Waals surface area contributed by atoms with Gasteiger partial charge in [-0.2, -0.15) is 26.3 Å². The maximum absolute atomic E-state index is 13.1.